The summed E-state index contributed by atoms with van der Waals surface area (Å²) in [6.45, 7) is 0.673. The molecule has 1 heterocycles. The van der Waals surface area contributed by atoms with Crippen LogP contribution in [0.5, 0.6) is 0 Å². The molecule has 0 aliphatic heterocycles. The molecule has 2 nitrogen and oxygen atoms in total. The number of hydrogen-bond acceptors (Lipinski definition) is 1. The fraction of sp³-hybridized carbons (Fsp3) is 0.167. The highest BCUT2D eigenvalue weighted by atomic mass is 19.1. The Hall–Kier alpha value is -2.91. The lowest BCUT2D eigenvalue weighted by atomic mass is 9.94. The van der Waals surface area contributed by atoms with Gasteiger partial charge in [-0.3, -0.25) is 0 Å². The molecule has 4 rings (SSSR count). The molecule has 0 fully saturated rings. The van der Waals surface area contributed by atoms with Crippen molar-refractivity contribution < 1.29 is 4.39 Å². The van der Waals surface area contributed by atoms with Gasteiger partial charge in [0.05, 0.1) is 11.2 Å². The first kappa shape index (κ1) is 17.5. The summed E-state index contributed by atoms with van der Waals surface area (Å²) in [6, 6.07) is 23.9. The molecule has 136 valence electrons. The Labute approximate surface area is 158 Å². The SMILES string of the molecule is NCCCCc1c(-c2ccccc2-c2ccccc2)[nH]c2c(F)cccc12. The summed E-state index contributed by atoms with van der Waals surface area (Å²) < 4.78 is 14.5. The average Bonchev–Trinajstić information content (AvgIpc) is 3.09. The van der Waals surface area contributed by atoms with Crippen LogP contribution < -0.4 is 5.73 Å². The number of aryl methyl sites for hydroxylation is 1. The zero-order chi connectivity index (χ0) is 18.6. The second-order valence-electron chi connectivity index (χ2n) is 6.80. The zero-order valence-electron chi connectivity index (χ0n) is 15.2. The van der Waals surface area contributed by atoms with Gasteiger partial charge in [-0.25, -0.2) is 4.39 Å². The first-order chi connectivity index (χ1) is 13.3. The highest BCUT2D eigenvalue weighted by molar-refractivity contribution is 5.94. The van der Waals surface area contributed by atoms with Gasteiger partial charge in [-0.1, -0.05) is 66.7 Å². The number of nitrogens with two attached hydrogens (primary N) is 1. The van der Waals surface area contributed by atoms with Crippen LogP contribution in [0.15, 0.2) is 72.8 Å². The van der Waals surface area contributed by atoms with E-state index in [0.29, 0.717) is 12.1 Å². The largest absolute Gasteiger partial charge is 0.352 e. The molecule has 0 radical (unpaired) electrons. The van der Waals surface area contributed by atoms with E-state index in [0.717, 1.165) is 47.0 Å². The van der Waals surface area contributed by atoms with E-state index in [4.69, 9.17) is 5.73 Å². The van der Waals surface area contributed by atoms with Crippen molar-refractivity contribution in [2.75, 3.05) is 6.54 Å². The van der Waals surface area contributed by atoms with Gasteiger partial charge in [0, 0.05) is 10.9 Å². The number of halogens is 1. The molecule has 0 bridgehead atoms. The lowest BCUT2D eigenvalue weighted by molar-refractivity contribution is 0.637. The summed E-state index contributed by atoms with van der Waals surface area (Å²) in [5.74, 6) is -0.212. The summed E-state index contributed by atoms with van der Waals surface area (Å²) in [5, 5.41) is 0.963. The number of unbranched alkanes of at least 4 members (excludes halogenated alkanes) is 1. The van der Waals surface area contributed by atoms with E-state index >= 15 is 0 Å². The maximum Gasteiger partial charge on any atom is 0.147 e. The Morgan fingerprint density at radius 2 is 1.52 bits per heavy atom. The number of aromatic amines is 1. The number of fused-ring (bicyclic) bond motifs is 1. The number of nitrogens with one attached hydrogen (secondary N) is 1. The van der Waals surface area contributed by atoms with Crippen LogP contribution in [0.1, 0.15) is 18.4 Å². The molecule has 0 aliphatic rings. The molecule has 27 heavy (non-hydrogen) atoms. The molecular formula is C24H23FN2. The third-order valence-electron chi connectivity index (χ3n) is 5.05. The number of benzene rings is 3. The van der Waals surface area contributed by atoms with Crippen LogP contribution in [0, 0.1) is 5.82 Å². The van der Waals surface area contributed by atoms with Crippen molar-refractivity contribution in [3.05, 3.63) is 84.2 Å². The van der Waals surface area contributed by atoms with Gasteiger partial charge < -0.3 is 10.7 Å². The van der Waals surface area contributed by atoms with E-state index in [1.807, 2.05) is 36.4 Å². The van der Waals surface area contributed by atoms with Gasteiger partial charge in [0.1, 0.15) is 5.82 Å². The third kappa shape index (κ3) is 3.38. The molecule has 0 spiro atoms. The van der Waals surface area contributed by atoms with Crippen LogP contribution in [0.2, 0.25) is 0 Å². The van der Waals surface area contributed by atoms with Gasteiger partial charge >= 0.3 is 0 Å². The number of para-hydroxylation sites is 1. The van der Waals surface area contributed by atoms with Crippen molar-refractivity contribution in [3.8, 4) is 22.4 Å². The fourth-order valence-electron chi connectivity index (χ4n) is 3.74. The predicted octanol–water partition coefficient (Wildman–Crippen LogP) is 5.92. The molecule has 0 saturated carbocycles. The van der Waals surface area contributed by atoms with Gasteiger partial charge in [0.25, 0.3) is 0 Å². The fourth-order valence-corrected chi connectivity index (χ4v) is 3.74. The van der Waals surface area contributed by atoms with Crippen LogP contribution >= 0.6 is 0 Å². The van der Waals surface area contributed by atoms with Crippen molar-refractivity contribution in [1.29, 1.82) is 0 Å². The maximum atomic E-state index is 14.5. The van der Waals surface area contributed by atoms with Crippen molar-refractivity contribution in [2.45, 2.75) is 19.3 Å². The van der Waals surface area contributed by atoms with E-state index in [2.05, 4.69) is 29.2 Å². The van der Waals surface area contributed by atoms with Crippen molar-refractivity contribution in [3.63, 3.8) is 0 Å². The lowest BCUT2D eigenvalue weighted by Crippen LogP contribution is -1.99. The van der Waals surface area contributed by atoms with E-state index in [1.165, 1.54) is 11.6 Å². The minimum atomic E-state index is -0.212. The highest BCUT2D eigenvalue weighted by Crippen LogP contribution is 2.37. The quantitative estimate of drug-likeness (QED) is 0.413. The monoisotopic (exact) mass is 358 g/mol. The second-order valence-corrected chi connectivity index (χ2v) is 6.80. The molecular weight excluding hydrogens is 335 g/mol. The van der Waals surface area contributed by atoms with Gasteiger partial charge in [-0.05, 0) is 48.6 Å². The minimum Gasteiger partial charge on any atom is -0.352 e. The van der Waals surface area contributed by atoms with Gasteiger partial charge in [-0.15, -0.1) is 0 Å². The summed E-state index contributed by atoms with van der Waals surface area (Å²) in [7, 11) is 0. The smallest absolute Gasteiger partial charge is 0.147 e. The summed E-state index contributed by atoms with van der Waals surface area (Å²) in [5.41, 5.74) is 11.8. The van der Waals surface area contributed by atoms with Crippen molar-refractivity contribution >= 4 is 10.9 Å². The molecule has 3 aromatic carbocycles. The first-order valence-electron chi connectivity index (χ1n) is 9.43. The highest BCUT2D eigenvalue weighted by Gasteiger charge is 2.17. The van der Waals surface area contributed by atoms with Crippen LogP contribution in [-0.2, 0) is 6.42 Å². The molecule has 0 amide bonds. The summed E-state index contributed by atoms with van der Waals surface area (Å²) in [4.78, 5) is 3.38. The lowest BCUT2D eigenvalue weighted by Gasteiger charge is -2.11. The minimum absolute atomic E-state index is 0.212. The van der Waals surface area contributed by atoms with Crippen LogP contribution in [0.25, 0.3) is 33.3 Å². The third-order valence-corrected chi connectivity index (χ3v) is 5.05. The van der Waals surface area contributed by atoms with E-state index in [-0.39, 0.29) is 5.82 Å². The number of H-pyrrole nitrogens is 1. The number of rotatable bonds is 6. The first-order valence-corrected chi connectivity index (χ1v) is 9.43. The van der Waals surface area contributed by atoms with E-state index in [9.17, 15) is 4.39 Å². The van der Waals surface area contributed by atoms with Gasteiger partial charge in [-0.2, -0.15) is 0 Å². The van der Waals surface area contributed by atoms with Crippen LogP contribution in [0.3, 0.4) is 0 Å². The summed E-state index contributed by atoms with van der Waals surface area (Å²) >= 11 is 0. The molecule has 4 aromatic rings. The van der Waals surface area contributed by atoms with Gasteiger partial charge in [0.15, 0.2) is 0 Å². The molecule has 0 saturated heterocycles. The molecule has 0 unspecified atom stereocenters. The number of hydrogen-bond donors (Lipinski definition) is 2. The van der Waals surface area contributed by atoms with Crippen molar-refractivity contribution in [1.82, 2.24) is 4.98 Å². The average molecular weight is 358 g/mol. The maximum absolute atomic E-state index is 14.5. The molecule has 3 N–H and O–H groups in total. The molecule has 3 heteroatoms. The van der Waals surface area contributed by atoms with E-state index in [1.54, 1.807) is 6.07 Å². The normalized spacial score (nSPS) is 11.2. The second kappa shape index (κ2) is 7.77. The Morgan fingerprint density at radius 3 is 2.30 bits per heavy atom. The van der Waals surface area contributed by atoms with E-state index < -0.39 is 0 Å². The van der Waals surface area contributed by atoms with Crippen molar-refractivity contribution in [2.24, 2.45) is 5.73 Å². The van der Waals surface area contributed by atoms with Crippen LogP contribution in [0.4, 0.5) is 4.39 Å². The predicted molar refractivity (Wildman–Crippen MR) is 111 cm³/mol. The standard InChI is InChI=1S/C24H23FN2/c25-22-15-8-14-21-20(13-6-7-16-26)23(27-24(21)22)19-12-5-4-11-18(19)17-9-2-1-3-10-17/h1-5,8-12,14-15,27H,6-7,13,16,26H2. The van der Waals surface area contributed by atoms with Gasteiger partial charge in [0.2, 0.25) is 0 Å². The summed E-state index contributed by atoms with van der Waals surface area (Å²) in [6.07, 6.45) is 2.82. The Kier molecular flexibility index (Phi) is 5.03. The molecule has 0 aliphatic carbocycles. The Morgan fingerprint density at radius 1 is 0.778 bits per heavy atom. The Bertz CT molecular complexity index is 1050. The van der Waals surface area contributed by atoms with Crippen LogP contribution in [-0.4, -0.2) is 11.5 Å². The topological polar surface area (TPSA) is 41.8 Å². The molecule has 1 aromatic heterocycles. The number of aromatic nitrogens is 1. The Balaban J connectivity index is 1.92. The molecule has 0 atom stereocenters. The zero-order valence-corrected chi connectivity index (χ0v) is 15.2.